The van der Waals surface area contributed by atoms with Gasteiger partial charge in [0.15, 0.2) is 0 Å². The lowest BCUT2D eigenvalue weighted by Gasteiger charge is -2.32. The second-order valence-electron chi connectivity index (χ2n) is 5.21. The third-order valence-electron chi connectivity index (χ3n) is 3.57. The van der Waals surface area contributed by atoms with E-state index in [0.717, 1.165) is 32.2 Å². The van der Waals surface area contributed by atoms with Crippen LogP contribution in [-0.2, 0) is 9.47 Å². The summed E-state index contributed by atoms with van der Waals surface area (Å²) in [5.74, 6) is 0.753. The van der Waals surface area contributed by atoms with Crippen LogP contribution in [0.4, 0.5) is 0 Å². The first-order chi connectivity index (χ1) is 8.86. The molecule has 0 spiro atoms. The van der Waals surface area contributed by atoms with Gasteiger partial charge in [0, 0.05) is 27.3 Å². The van der Waals surface area contributed by atoms with Crippen LogP contribution in [0.5, 0.6) is 0 Å². The summed E-state index contributed by atoms with van der Waals surface area (Å²) in [7, 11) is 3.55. The van der Waals surface area contributed by atoms with E-state index in [1.165, 1.54) is 45.3 Å². The van der Waals surface area contributed by atoms with E-state index < -0.39 is 0 Å². The quantitative estimate of drug-likeness (QED) is 0.600. The molecule has 1 aliphatic rings. The molecule has 0 amide bonds. The minimum atomic E-state index is 0.753. The van der Waals surface area contributed by atoms with Crippen LogP contribution in [0.2, 0.25) is 0 Å². The molecule has 1 N–H and O–H groups in total. The van der Waals surface area contributed by atoms with Crippen LogP contribution in [0.25, 0.3) is 0 Å². The van der Waals surface area contributed by atoms with E-state index in [9.17, 15) is 0 Å². The highest BCUT2D eigenvalue weighted by molar-refractivity contribution is 4.72. The summed E-state index contributed by atoms with van der Waals surface area (Å²) in [5, 5.41) is 3.39. The van der Waals surface area contributed by atoms with Crippen LogP contribution >= 0.6 is 0 Å². The number of ether oxygens (including phenoxy) is 2. The molecule has 0 radical (unpaired) electrons. The minimum Gasteiger partial charge on any atom is -0.384 e. The Bertz CT molecular complexity index is 189. The Hall–Kier alpha value is -0.160. The Kier molecular flexibility index (Phi) is 9.48. The van der Waals surface area contributed by atoms with Crippen molar-refractivity contribution in [1.29, 1.82) is 0 Å². The van der Waals surface area contributed by atoms with Crippen molar-refractivity contribution in [1.82, 2.24) is 10.2 Å². The maximum atomic E-state index is 5.26. The number of hydrogen-bond donors (Lipinski definition) is 1. The zero-order valence-corrected chi connectivity index (χ0v) is 12.1. The fourth-order valence-corrected chi connectivity index (χ4v) is 2.61. The molecule has 0 aromatic carbocycles. The highest BCUT2D eigenvalue weighted by atomic mass is 16.5. The molecule has 1 atom stereocenters. The molecule has 0 bridgehead atoms. The van der Waals surface area contributed by atoms with E-state index in [4.69, 9.17) is 9.47 Å². The van der Waals surface area contributed by atoms with Gasteiger partial charge in [0.1, 0.15) is 0 Å². The lowest BCUT2D eigenvalue weighted by Crippen LogP contribution is -2.37. The molecule has 1 heterocycles. The molecule has 0 aromatic heterocycles. The van der Waals surface area contributed by atoms with Crippen molar-refractivity contribution in [3.05, 3.63) is 0 Å². The minimum absolute atomic E-state index is 0.753. The smallest absolute Gasteiger partial charge is 0.0587 e. The van der Waals surface area contributed by atoms with Gasteiger partial charge in [-0.05, 0) is 51.2 Å². The third-order valence-corrected chi connectivity index (χ3v) is 3.57. The van der Waals surface area contributed by atoms with Crippen LogP contribution in [0.15, 0.2) is 0 Å². The lowest BCUT2D eigenvalue weighted by molar-refractivity contribution is 0.0898. The number of rotatable bonds is 10. The molecule has 0 saturated carbocycles. The zero-order chi connectivity index (χ0) is 13.1. The second kappa shape index (κ2) is 10.7. The molecule has 108 valence electrons. The Balaban J connectivity index is 1.94. The summed E-state index contributed by atoms with van der Waals surface area (Å²) >= 11 is 0. The monoisotopic (exact) mass is 258 g/mol. The van der Waals surface area contributed by atoms with Crippen molar-refractivity contribution in [2.45, 2.75) is 25.7 Å². The SMILES string of the molecule is COCCNCCCCN1CCCC(COC)C1. The van der Waals surface area contributed by atoms with Crippen molar-refractivity contribution in [2.75, 3.05) is 60.2 Å². The molecule has 1 aliphatic heterocycles. The molecule has 0 aromatic rings. The number of unbranched alkanes of at least 4 members (excludes halogenated alkanes) is 1. The molecular weight excluding hydrogens is 228 g/mol. The summed E-state index contributed by atoms with van der Waals surface area (Å²) in [5.41, 5.74) is 0. The number of hydrogen-bond acceptors (Lipinski definition) is 4. The Morgan fingerprint density at radius 2 is 2.06 bits per heavy atom. The van der Waals surface area contributed by atoms with Crippen molar-refractivity contribution in [3.8, 4) is 0 Å². The molecule has 1 unspecified atom stereocenters. The summed E-state index contributed by atoms with van der Waals surface area (Å²) in [6, 6.07) is 0. The Morgan fingerprint density at radius 1 is 1.17 bits per heavy atom. The maximum absolute atomic E-state index is 5.26. The van der Waals surface area contributed by atoms with Crippen molar-refractivity contribution in [3.63, 3.8) is 0 Å². The average molecular weight is 258 g/mol. The standard InChI is InChI=1S/C14H30N2O2/c1-17-11-8-15-7-3-4-9-16-10-5-6-14(12-16)13-18-2/h14-15H,3-13H2,1-2H3. The van der Waals surface area contributed by atoms with Gasteiger partial charge in [-0.1, -0.05) is 0 Å². The summed E-state index contributed by atoms with van der Waals surface area (Å²) in [6.07, 6.45) is 5.22. The van der Waals surface area contributed by atoms with Gasteiger partial charge in [-0.3, -0.25) is 0 Å². The number of likely N-dealkylation sites (tertiary alicyclic amines) is 1. The third kappa shape index (κ3) is 7.31. The maximum Gasteiger partial charge on any atom is 0.0587 e. The lowest BCUT2D eigenvalue weighted by atomic mass is 9.99. The van der Waals surface area contributed by atoms with Crippen molar-refractivity contribution >= 4 is 0 Å². The first-order valence-corrected chi connectivity index (χ1v) is 7.27. The van der Waals surface area contributed by atoms with E-state index in [2.05, 4.69) is 10.2 Å². The molecule has 1 fully saturated rings. The Labute approximate surface area is 112 Å². The average Bonchev–Trinajstić information content (AvgIpc) is 2.39. The first-order valence-electron chi connectivity index (χ1n) is 7.27. The van der Waals surface area contributed by atoms with Gasteiger partial charge >= 0.3 is 0 Å². The van der Waals surface area contributed by atoms with E-state index in [0.29, 0.717) is 0 Å². The predicted molar refractivity (Wildman–Crippen MR) is 75.0 cm³/mol. The van der Waals surface area contributed by atoms with Gasteiger partial charge in [0.2, 0.25) is 0 Å². The van der Waals surface area contributed by atoms with Gasteiger partial charge in [0.25, 0.3) is 0 Å². The van der Waals surface area contributed by atoms with E-state index in [-0.39, 0.29) is 0 Å². The van der Waals surface area contributed by atoms with Crippen LogP contribution in [-0.4, -0.2) is 65.1 Å². The molecule has 1 saturated heterocycles. The second-order valence-corrected chi connectivity index (χ2v) is 5.21. The van der Waals surface area contributed by atoms with Gasteiger partial charge in [0.05, 0.1) is 13.2 Å². The zero-order valence-electron chi connectivity index (χ0n) is 12.1. The van der Waals surface area contributed by atoms with E-state index in [1.807, 2.05) is 7.11 Å². The Morgan fingerprint density at radius 3 is 2.83 bits per heavy atom. The number of piperidine rings is 1. The van der Waals surface area contributed by atoms with Crippen LogP contribution < -0.4 is 5.32 Å². The van der Waals surface area contributed by atoms with Crippen molar-refractivity contribution < 1.29 is 9.47 Å². The normalized spacial score (nSPS) is 21.3. The first kappa shape index (κ1) is 15.9. The van der Waals surface area contributed by atoms with E-state index >= 15 is 0 Å². The highest BCUT2D eigenvalue weighted by Gasteiger charge is 2.18. The predicted octanol–water partition coefficient (Wildman–Crippen LogP) is 1.36. The molecule has 18 heavy (non-hydrogen) atoms. The largest absolute Gasteiger partial charge is 0.384 e. The number of nitrogens with one attached hydrogen (secondary N) is 1. The fraction of sp³-hybridized carbons (Fsp3) is 1.00. The van der Waals surface area contributed by atoms with Crippen molar-refractivity contribution in [2.24, 2.45) is 5.92 Å². The van der Waals surface area contributed by atoms with Gasteiger partial charge in [-0.15, -0.1) is 0 Å². The van der Waals surface area contributed by atoms with Crippen LogP contribution in [0, 0.1) is 5.92 Å². The van der Waals surface area contributed by atoms with Gasteiger partial charge in [-0.2, -0.15) is 0 Å². The topological polar surface area (TPSA) is 33.7 Å². The summed E-state index contributed by atoms with van der Waals surface area (Å²) < 4.78 is 10.3. The number of nitrogens with zero attached hydrogens (tertiary/aromatic N) is 1. The molecule has 4 nitrogen and oxygen atoms in total. The van der Waals surface area contributed by atoms with Crippen LogP contribution in [0.1, 0.15) is 25.7 Å². The number of methoxy groups -OCH3 is 2. The highest BCUT2D eigenvalue weighted by Crippen LogP contribution is 2.16. The van der Waals surface area contributed by atoms with Gasteiger partial charge < -0.3 is 19.7 Å². The summed E-state index contributed by atoms with van der Waals surface area (Å²) in [4.78, 5) is 2.60. The molecular formula is C14H30N2O2. The molecule has 4 heteroatoms. The fourth-order valence-electron chi connectivity index (χ4n) is 2.61. The molecule has 0 aliphatic carbocycles. The van der Waals surface area contributed by atoms with Crippen LogP contribution in [0.3, 0.4) is 0 Å². The van der Waals surface area contributed by atoms with E-state index in [1.54, 1.807) is 7.11 Å². The molecule has 1 rings (SSSR count). The van der Waals surface area contributed by atoms with Gasteiger partial charge in [-0.25, -0.2) is 0 Å². The summed E-state index contributed by atoms with van der Waals surface area (Å²) in [6.45, 7) is 7.56.